The van der Waals surface area contributed by atoms with Crippen LogP contribution in [-0.2, 0) is 10.8 Å². The summed E-state index contributed by atoms with van der Waals surface area (Å²) in [6.45, 7) is 23.7. The van der Waals surface area contributed by atoms with Crippen molar-refractivity contribution in [3.8, 4) is 5.75 Å². The predicted molar refractivity (Wildman–Crippen MR) is 131 cm³/mol. The quantitative estimate of drug-likeness (QED) is 0.545. The van der Waals surface area contributed by atoms with Gasteiger partial charge in [-0.3, -0.25) is 4.79 Å². The van der Waals surface area contributed by atoms with E-state index in [-0.39, 0.29) is 33.9 Å². The first kappa shape index (κ1) is 25.7. The third-order valence-corrected chi connectivity index (χ3v) is 7.69. The monoisotopic (exact) mass is 430 g/mol. The molecular formula is C27H46N2O2. The Morgan fingerprint density at radius 1 is 1.06 bits per heavy atom. The van der Waals surface area contributed by atoms with Gasteiger partial charge in [-0.15, -0.1) is 0 Å². The molecule has 1 saturated heterocycles. The summed E-state index contributed by atoms with van der Waals surface area (Å²) in [5.41, 5.74) is 1.73. The molecule has 0 bridgehead atoms. The second-order valence-corrected chi connectivity index (χ2v) is 12.3. The fourth-order valence-electron chi connectivity index (χ4n) is 4.94. The Kier molecular flexibility index (Phi) is 6.98. The second-order valence-electron chi connectivity index (χ2n) is 12.3. The summed E-state index contributed by atoms with van der Waals surface area (Å²) in [5, 5.41) is 18.3. The van der Waals surface area contributed by atoms with Crippen molar-refractivity contribution in [3.63, 3.8) is 0 Å². The minimum atomic E-state index is -0.260. The molecule has 176 valence electrons. The molecule has 4 atom stereocenters. The van der Waals surface area contributed by atoms with Crippen LogP contribution in [0.4, 0.5) is 0 Å². The molecule has 1 aliphatic heterocycles. The molecule has 4 unspecified atom stereocenters. The van der Waals surface area contributed by atoms with E-state index < -0.39 is 0 Å². The number of carbonyl (C=O) groups is 1. The van der Waals surface area contributed by atoms with Crippen LogP contribution in [0, 0.1) is 5.92 Å². The molecule has 0 aliphatic carbocycles. The molecule has 1 aromatic rings. The first-order valence-corrected chi connectivity index (χ1v) is 12.0. The lowest BCUT2D eigenvalue weighted by molar-refractivity contribution is 0.0531. The third-order valence-electron chi connectivity index (χ3n) is 7.69. The van der Waals surface area contributed by atoms with Crippen LogP contribution in [0.3, 0.4) is 0 Å². The normalized spacial score (nSPS) is 29.6. The minimum Gasteiger partial charge on any atom is -0.507 e. The van der Waals surface area contributed by atoms with Crippen LogP contribution in [0.15, 0.2) is 12.1 Å². The van der Waals surface area contributed by atoms with Gasteiger partial charge >= 0.3 is 0 Å². The average Bonchev–Trinajstić information content (AvgIpc) is 2.64. The molecule has 31 heavy (non-hydrogen) atoms. The van der Waals surface area contributed by atoms with E-state index in [2.05, 4.69) is 86.8 Å². The number of benzene rings is 1. The van der Waals surface area contributed by atoms with E-state index in [1.807, 2.05) is 12.1 Å². The molecule has 1 amide bonds. The van der Waals surface area contributed by atoms with Gasteiger partial charge in [0.05, 0.1) is 0 Å². The maximum absolute atomic E-state index is 13.5. The fraction of sp³-hybridized carbons (Fsp3) is 0.741. The number of phenolic OH excluding ortho intramolecular Hbond substituents is 1. The van der Waals surface area contributed by atoms with Crippen molar-refractivity contribution in [2.75, 3.05) is 0 Å². The summed E-state index contributed by atoms with van der Waals surface area (Å²) in [6, 6.07) is 3.85. The fourth-order valence-corrected chi connectivity index (χ4v) is 4.94. The SMILES string of the molecule is CCC1(C)CC(NC(=O)c2cc(C(C)(C)C)c(O)c(C(C)(C)C)c2)C(C)C(C)(CC)N1. The van der Waals surface area contributed by atoms with Gasteiger partial charge in [0.1, 0.15) is 5.75 Å². The molecule has 1 aromatic carbocycles. The van der Waals surface area contributed by atoms with Crippen LogP contribution in [0.5, 0.6) is 5.75 Å². The number of nitrogens with one attached hydrogen (secondary N) is 2. The summed E-state index contributed by atoms with van der Waals surface area (Å²) in [5.74, 6) is 0.568. The molecule has 0 aromatic heterocycles. The van der Waals surface area contributed by atoms with Gasteiger partial charge in [0, 0.05) is 33.8 Å². The highest BCUT2D eigenvalue weighted by Crippen LogP contribution is 2.41. The van der Waals surface area contributed by atoms with E-state index >= 15 is 0 Å². The molecule has 0 radical (unpaired) electrons. The zero-order valence-corrected chi connectivity index (χ0v) is 21.8. The molecule has 0 spiro atoms. The van der Waals surface area contributed by atoms with Crippen LogP contribution in [-0.4, -0.2) is 28.1 Å². The maximum atomic E-state index is 13.5. The standard InChI is InChI=1S/C27H46N2O2/c1-12-26(10)16-21(17(3)27(11,13-2)29-26)28-23(31)18-14-19(24(4,5)6)22(30)20(15-18)25(7,8)9/h14-15,17,21,29-30H,12-13,16H2,1-11H3,(H,28,31). The Morgan fingerprint density at radius 2 is 1.55 bits per heavy atom. The zero-order valence-electron chi connectivity index (χ0n) is 21.8. The van der Waals surface area contributed by atoms with E-state index in [1.165, 1.54) is 0 Å². The summed E-state index contributed by atoms with van der Waals surface area (Å²) in [6.07, 6.45) is 2.93. The Balaban J connectivity index is 2.47. The molecule has 4 heteroatoms. The van der Waals surface area contributed by atoms with Gasteiger partial charge in [0.2, 0.25) is 0 Å². The van der Waals surface area contributed by atoms with E-state index in [4.69, 9.17) is 0 Å². The summed E-state index contributed by atoms with van der Waals surface area (Å²) in [4.78, 5) is 13.5. The van der Waals surface area contributed by atoms with Crippen molar-refractivity contribution in [3.05, 3.63) is 28.8 Å². The van der Waals surface area contributed by atoms with Crippen molar-refractivity contribution in [1.29, 1.82) is 0 Å². The summed E-state index contributed by atoms with van der Waals surface area (Å²) in [7, 11) is 0. The van der Waals surface area contributed by atoms with Gasteiger partial charge in [0.25, 0.3) is 5.91 Å². The smallest absolute Gasteiger partial charge is 0.251 e. The van der Waals surface area contributed by atoms with E-state index in [0.717, 1.165) is 30.4 Å². The summed E-state index contributed by atoms with van der Waals surface area (Å²) < 4.78 is 0. The topological polar surface area (TPSA) is 61.4 Å². The van der Waals surface area contributed by atoms with Crippen molar-refractivity contribution in [1.82, 2.24) is 10.6 Å². The van der Waals surface area contributed by atoms with Gasteiger partial charge in [-0.2, -0.15) is 0 Å². The number of phenols is 1. The van der Waals surface area contributed by atoms with Gasteiger partial charge in [0.15, 0.2) is 0 Å². The highest BCUT2D eigenvalue weighted by Gasteiger charge is 2.46. The van der Waals surface area contributed by atoms with Crippen LogP contribution in [0.2, 0.25) is 0 Å². The lowest BCUT2D eigenvalue weighted by atomic mass is 9.69. The van der Waals surface area contributed by atoms with Crippen molar-refractivity contribution in [2.45, 2.75) is 123 Å². The first-order valence-electron chi connectivity index (χ1n) is 12.0. The molecular weight excluding hydrogens is 384 g/mol. The number of amides is 1. The minimum absolute atomic E-state index is 0.00267. The third kappa shape index (κ3) is 5.27. The number of piperidine rings is 1. The molecule has 1 aliphatic rings. The van der Waals surface area contributed by atoms with Gasteiger partial charge in [-0.1, -0.05) is 62.3 Å². The van der Waals surface area contributed by atoms with Crippen LogP contribution in [0.25, 0.3) is 0 Å². The largest absolute Gasteiger partial charge is 0.507 e. The first-order chi connectivity index (χ1) is 14.0. The zero-order chi connectivity index (χ0) is 24.0. The van der Waals surface area contributed by atoms with E-state index in [9.17, 15) is 9.90 Å². The molecule has 0 saturated carbocycles. The number of rotatable bonds is 4. The highest BCUT2D eigenvalue weighted by molar-refractivity contribution is 5.95. The summed E-state index contributed by atoms with van der Waals surface area (Å²) >= 11 is 0. The Hall–Kier alpha value is -1.55. The molecule has 1 heterocycles. The van der Waals surface area contributed by atoms with Crippen LogP contribution in [0.1, 0.15) is 117 Å². The Bertz CT molecular complexity index is 783. The van der Waals surface area contributed by atoms with Crippen LogP contribution >= 0.6 is 0 Å². The number of hydrogen-bond donors (Lipinski definition) is 3. The molecule has 2 rings (SSSR count). The lowest BCUT2D eigenvalue weighted by Gasteiger charge is -2.53. The Labute approximate surface area is 190 Å². The van der Waals surface area contributed by atoms with Gasteiger partial charge in [-0.05, 0) is 62.0 Å². The number of aromatic hydroxyl groups is 1. The predicted octanol–water partition coefficient (Wildman–Crippen LogP) is 6.05. The van der Waals surface area contributed by atoms with Gasteiger partial charge in [-0.25, -0.2) is 0 Å². The Morgan fingerprint density at radius 3 is 1.94 bits per heavy atom. The van der Waals surface area contributed by atoms with E-state index in [1.54, 1.807) is 0 Å². The number of carbonyl (C=O) groups excluding carboxylic acids is 1. The highest BCUT2D eigenvalue weighted by atomic mass is 16.3. The second kappa shape index (κ2) is 8.42. The molecule has 4 nitrogen and oxygen atoms in total. The van der Waals surface area contributed by atoms with Crippen molar-refractivity contribution < 1.29 is 9.90 Å². The van der Waals surface area contributed by atoms with Gasteiger partial charge < -0.3 is 15.7 Å². The van der Waals surface area contributed by atoms with E-state index in [0.29, 0.717) is 17.2 Å². The van der Waals surface area contributed by atoms with Crippen molar-refractivity contribution in [2.24, 2.45) is 5.92 Å². The average molecular weight is 431 g/mol. The molecule has 3 N–H and O–H groups in total. The molecule has 1 fully saturated rings. The lowest BCUT2D eigenvalue weighted by Crippen LogP contribution is -2.68. The van der Waals surface area contributed by atoms with Crippen molar-refractivity contribution >= 4 is 5.91 Å². The number of hydrogen-bond acceptors (Lipinski definition) is 3. The maximum Gasteiger partial charge on any atom is 0.251 e. The van der Waals surface area contributed by atoms with Crippen LogP contribution < -0.4 is 10.6 Å².